The summed E-state index contributed by atoms with van der Waals surface area (Å²) in [6, 6.07) is 18.2. The summed E-state index contributed by atoms with van der Waals surface area (Å²) in [6.07, 6.45) is 3.36. The molecule has 0 amide bonds. The zero-order chi connectivity index (χ0) is 19.5. The third kappa shape index (κ3) is 3.39. The molecule has 2 aromatic carbocycles. The molecule has 0 radical (unpaired) electrons. The molecule has 0 saturated carbocycles. The molecule has 140 valence electrons. The third-order valence-electron chi connectivity index (χ3n) is 5.00. The molecular weight excluding hydrogens is 346 g/mol. The van der Waals surface area contributed by atoms with Gasteiger partial charge in [0.05, 0.1) is 11.4 Å². The van der Waals surface area contributed by atoms with Crippen molar-refractivity contribution in [3.63, 3.8) is 0 Å². The summed E-state index contributed by atoms with van der Waals surface area (Å²) in [6.45, 7) is 2.05. The topological polar surface area (TPSA) is 73.7 Å². The summed E-state index contributed by atoms with van der Waals surface area (Å²) >= 11 is 0. The second kappa shape index (κ2) is 7.64. The van der Waals surface area contributed by atoms with Crippen LogP contribution in [0.5, 0.6) is 0 Å². The number of nitrogens with one attached hydrogen (secondary N) is 3. The average Bonchev–Trinajstić information content (AvgIpc) is 2.73. The van der Waals surface area contributed by atoms with Crippen LogP contribution in [-0.2, 0) is 6.42 Å². The minimum absolute atomic E-state index is 0.545. The van der Waals surface area contributed by atoms with Gasteiger partial charge in [-0.3, -0.25) is 0 Å². The number of allylic oxidation sites excluding steroid dienone is 1. The number of fused-ring (bicyclic) bond motifs is 1. The molecule has 5 heteroatoms. The number of aromatic nitrogens is 2. The van der Waals surface area contributed by atoms with Crippen LogP contribution in [0, 0.1) is 12.3 Å². The zero-order valence-electron chi connectivity index (χ0n) is 16.1. The predicted octanol–water partition coefficient (Wildman–Crippen LogP) is 4.58. The van der Waals surface area contributed by atoms with E-state index in [4.69, 9.17) is 10.4 Å². The highest BCUT2D eigenvalue weighted by atomic mass is 15.1. The van der Waals surface area contributed by atoms with Gasteiger partial charge in [0.2, 0.25) is 5.95 Å². The van der Waals surface area contributed by atoms with Crippen molar-refractivity contribution >= 4 is 28.6 Å². The lowest BCUT2D eigenvalue weighted by atomic mass is 9.87. The lowest BCUT2D eigenvalue weighted by Gasteiger charge is -2.23. The summed E-state index contributed by atoms with van der Waals surface area (Å²) in [4.78, 5) is 9.33. The van der Waals surface area contributed by atoms with Crippen LogP contribution in [0.1, 0.15) is 28.8 Å². The van der Waals surface area contributed by atoms with Gasteiger partial charge in [0, 0.05) is 30.2 Å². The van der Waals surface area contributed by atoms with Crippen molar-refractivity contribution in [2.75, 3.05) is 12.4 Å². The van der Waals surface area contributed by atoms with Crippen molar-refractivity contribution in [3.05, 3.63) is 83.2 Å². The summed E-state index contributed by atoms with van der Waals surface area (Å²) < 4.78 is 0. The lowest BCUT2D eigenvalue weighted by molar-refractivity contribution is 0.954. The van der Waals surface area contributed by atoms with Crippen molar-refractivity contribution in [1.82, 2.24) is 15.3 Å². The van der Waals surface area contributed by atoms with E-state index in [0.29, 0.717) is 18.1 Å². The van der Waals surface area contributed by atoms with E-state index in [0.717, 1.165) is 45.8 Å². The standard InChI is InChI=1S/C23H23N5/c1-15-8-6-7-11-19(15)27-23-26-14-17-12-13-18(24)20(22(17)28-23)21(25-2)16-9-4-3-5-10-16/h3-11,14,24-25H,12-13H2,1-2H3,(H,26,27,28)/b21-20+,24-18?. The maximum Gasteiger partial charge on any atom is 0.227 e. The Morgan fingerprint density at radius 2 is 1.75 bits per heavy atom. The van der Waals surface area contributed by atoms with E-state index in [1.54, 1.807) is 0 Å². The van der Waals surface area contributed by atoms with E-state index >= 15 is 0 Å². The van der Waals surface area contributed by atoms with Gasteiger partial charge >= 0.3 is 0 Å². The van der Waals surface area contributed by atoms with E-state index in [2.05, 4.69) is 28.6 Å². The van der Waals surface area contributed by atoms with Gasteiger partial charge in [0.1, 0.15) is 0 Å². The van der Waals surface area contributed by atoms with Crippen LogP contribution in [0.15, 0.2) is 60.8 Å². The van der Waals surface area contributed by atoms with Crippen LogP contribution >= 0.6 is 0 Å². The first-order valence-corrected chi connectivity index (χ1v) is 9.41. The van der Waals surface area contributed by atoms with E-state index in [-0.39, 0.29) is 0 Å². The summed E-state index contributed by atoms with van der Waals surface area (Å²) in [5, 5.41) is 15.2. The number of anilines is 2. The molecule has 3 N–H and O–H groups in total. The number of para-hydroxylation sites is 1. The maximum atomic E-state index is 8.61. The van der Waals surface area contributed by atoms with Gasteiger partial charge in [0.15, 0.2) is 0 Å². The maximum absolute atomic E-state index is 8.61. The molecule has 1 heterocycles. The van der Waals surface area contributed by atoms with Crippen molar-refractivity contribution in [3.8, 4) is 0 Å². The zero-order valence-corrected chi connectivity index (χ0v) is 16.1. The predicted molar refractivity (Wildman–Crippen MR) is 115 cm³/mol. The molecule has 3 aromatic rings. The van der Waals surface area contributed by atoms with Crippen LogP contribution in [0.4, 0.5) is 11.6 Å². The van der Waals surface area contributed by atoms with E-state index in [1.165, 1.54) is 0 Å². The minimum Gasteiger partial charge on any atom is -0.387 e. The molecule has 0 saturated heterocycles. The Balaban J connectivity index is 1.83. The molecule has 0 bridgehead atoms. The first-order valence-electron chi connectivity index (χ1n) is 9.41. The van der Waals surface area contributed by atoms with Crippen LogP contribution in [-0.4, -0.2) is 22.7 Å². The van der Waals surface area contributed by atoms with Crippen molar-refractivity contribution < 1.29 is 0 Å². The number of nitrogens with zero attached hydrogens (tertiary/aromatic N) is 2. The number of hydrogen-bond acceptors (Lipinski definition) is 5. The molecule has 0 fully saturated rings. The van der Waals surface area contributed by atoms with Crippen molar-refractivity contribution in [1.29, 1.82) is 5.41 Å². The molecule has 0 spiro atoms. The largest absolute Gasteiger partial charge is 0.387 e. The smallest absolute Gasteiger partial charge is 0.227 e. The van der Waals surface area contributed by atoms with E-state index in [1.807, 2.05) is 61.8 Å². The van der Waals surface area contributed by atoms with Crippen molar-refractivity contribution in [2.45, 2.75) is 19.8 Å². The first kappa shape index (κ1) is 17.9. The second-order valence-corrected chi connectivity index (χ2v) is 6.85. The SMILES string of the molecule is CN/C(=C1\C(=N)CCc2cnc(Nc3ccccc3C)nc21)c1ccccc1. The number of benzene rings is 2. The molecule has 5 nitrogen and oxygen atoms in total. The molecule has 0 unspecified atom stereocenters. The van der Waals surface area contributed by atoms with Gasteiger partial charge in [0.25, 0.3) is 0 Å². The Morgan fingerprint density at radius 3 is 2.50 bits per heavy atom. The fourth-order valence-electron chi connectivity index (χ4n) is 3.52. The number of hydrogen-bond donors (Lipinski definition) is 3. The van der Waals surface area contributed by atoms with Crippen molar-refractivity contribution in [2.24, 2.45) is 0 Å². The molecule has 0 atom stereocenters. The molecule has 28 heavy (non-hydrogen) atoms. The Morgan fingerprint density at radius 1 is 1.00 bits per heavy atom. The highest BCUT2D eigenvalue weighted by Gasteiger charge is 2.25. The Hall–Kier alpha value is -3.47. The van der Waals surface area contributed by atoms with E-state index in [9.17, 15) is 0 Å². The molecular formula is C23H23N5. The monoisotopic (exact) mass is 369 g/mol. The van der Waals surface area contributed by atoms with Crippen LogP contribution in [0.3, 0.4) is 0 Å². The molecule has 1 aliphatic rings. The van der Waals surface area contributed by atoms with Crippen LogP contribution in [0.25, 0.3) is 11.3 Å². The van der Waals surface area contributed by atoms with Gasteiger partial charge < -0.3 is 16.0 Å². The van der Waals surface area contributed by atoms with Crippen LogP contribution in [0.2, 0.25) is 0 Å². The fourth-order valence-corrected chi connectivity index (χ4v) is 3.52. The molecule has 0 aliphatic heterocycles. The van der Waals surface area contributed by atoms with Crippen LogP contribution < -0.4 is 10.6 Å². The van der Waals surface area contributed by atoms with Gasteiger partial charge in [-0.1, -0.05) is 48.5 Å². The molecule has 1 aliphatic carbocycles. The number of aryl methyl sites for hydroxylation is 2. The first-order chi connectivity index (χ1) is 13.7. The molecule has 1 aromatic heterocycles. The normalized spacial score (nSPS) is 15.0. The Labute approximate surface area is 165 Å². The van der Waals surface area contributed by atoms with Gasteiger partial charge in [-0.2, -0.15) is 0 Å². The Bertz CT molecular complexity index is 1050. The summed E-state index contributed by atoms with van der Waals surface area (Å²) in [7, 11) is 1.89. The lowest BCUT2D eigenvalue weighted by Crippen LogP contribution is -2.20. The highest BCUT2D eigenvalue weighted by Crippen LogP contribution is 2.33. The quantitative estimate of drug-likeness (QED) is 0.629. The average molecular weight is 369 g/mol. The summed E-state index contributed by atoms with van der Waals surface area (Å²) in [5.74, 6) is 0.545. The van der Waals surface area contributed by atoms with Gasteiger partial charge in [-0.25, -0.2) is 9.97 Å². The van der Waals surface area contributed by atoms with E-state index < -0.39 is 0 Å². The fraction of sp³-hybridized carbons (Fsp3) is 0.174. The molecule has 4 rings (SSSR count). The minimum atomic E-state index is 0.545. The number of rotatable bonds is 4. The summed E-state index contributed by atoms with van der Waals surface area (Å²) in [5.41, 5.74) is 7.44. The highest BCUT2D eigenvalue weighted by molar-refractivity contribution is 6.29. The van der Waals surface area contributed by atoms with Gasteiger partial charge in [-0.15, -0.1) is 0 Å². The third-order valence-corrected chi connectivity index (χ3v) is 5.00. The second-order valence-electron chi connectivity index (χ2n) is 6.85. The van der Waals surface area contributed by atoms with Gasteiger partial charge in [-0.05, 0) is 42.5 Å². The Kier molecular flexibility index (Phi) is 4.89.